The van der Waals surface area contributed by atoms with Crippen LogP contribution in [0.1, 0.15) is 32.4 Å². The third-order valence-corrected chi connectivity index (χ3v) is 3.35. The summed E-state index contributed by atoms with van der Waals surface area (Å²) in [5.74, 6) is 0.105. The Balaban J connectivity index is 2.19. The summed E-state index contributed by atoms with van der Waals surface area (Å²) in [4.78, 5) is 20.6. The SMILES string of the molecule is Cc1cc(C(=O)Cc2nc(C)cs2)cc(C)n1. The van der Waals surface area contributed by atoms with Gasteiger partial charge in [-0.1, -0.05) is 0 Å². The first-order valence-corrected chi connectivity index (χ1v) is 6.32. The van der Waals surface area contributed by atoms with Gasteiger partial charge < -0.3 is 0 Å². The van der Waals surface area contributed by atoms with Crippen molar-refractivity contribution in [2.75, 3.05) is 0 Å². The first kappa shape index (κ1) is 11.9. The van der Waals surface area contributed by atoms with E-state index in [-0.39, 0.29) is 5.78 Å². The van der Waals surface area contributed by atoms with E-state index in [0.29, 0.717) is 6.42 Å². The molecule has 2 rings (SSSR count). The molecule has 0 aliphatic carbocycles. The van der Waals surface area contributed by atoms with Crippen molar-refractivity contribution in [2.24, 2.45) is 0 Å². The molecule has 4 heteroatoms. The van der Waals surface area contributed by atoms with Crippen molar-refractivity contribution < 1.29 is 4.79 Å². The second kappa shape index (κ2) is 4.75. The molecular formula is C13H14N2OS. The molecule has 88 valence electrons. The van der Waals surface area contributed by atoms with Crippen LogP contribution in [0.3, 0.4) is 0 Å². The topological polar surface area (TPSA) is 42.9 Å². The number of carbonyl (C=O) groups excluding carboxylic acids is 1. The maximum Gasteiger partial charge on any atom is 0.169 e. The molecule has 2 heterocycles. The van der Waals surface area contributed by atoms with Crippen molar-refractivity contribution in [3.63, 3.8) is 0 Å². The minimum Gasteiger partial charge on any atom is -0.294 e. The van der Waals surface area contributed by atoms with Crippen LogP contribution >= 0.6 is 11.3 Å². The summed E-state index contributed by atoms with van der Waals surface area (Å²) in [6, 6.07) is 3.66. The van der Waals surface area contributed by atoms with Crippen LogP contribution in [-0.2, 0) is 6.42 Å². The molecule has 0 fully saturated rings. The number of pyridine rings is 1. The van der Waals surface area contributed by atoms with Gasteiger partial charge in [-0.3, -0.25) is 9.78 Å². The Bertz CT molecular complexity index is 540. The van der Waals surface area contributed by atoms with E-state index in [4.69, 9.17) is 0 Å². The minimum absolute atomic E-state index is 0.105. The van der Waals surface area contributed by atoms with Gasteiger partial charge in [0.25, 0.3) is 0 Å². The van der Waals surface area contributed by atoms with Crippen molar-refractivity contribution in [2.45, 2.75) is 27.2 Å². The molecular weight excluding hydrogens is 232 g/mol. The zero-order valence-electron chi connectivity index (χ0n) is 10.2. The Hall–Kier alpha value is -1.55. The van der Waals surface area contributed by atoms with E-state index < -0.39 is 0 Å². The second-order valence-electron chi connectivity index (χ2n) is 4.12. The van der Waals surface area contributed by atoms with E-state index in [1.807, 2.05) is 38.3 Å². The Morgan fingerprint density at radius 3 is 2.29 bits per heavy atom. The van der Waals surface area contributed by atoms with Crippen LogP contribution in [0, 0.1) is 20.8 Å². The highest BCUT2D eigenvalue weighted by Gasteiger charge is 2.10. The molecule has 0 spiro atoms. The van der Waals surface area contributed by atoms with Crippen molar-refractivity contribution >= 4 is 17.1 Å². The maximum atomic E-state index is 12.1. The number of hydrogen-bond donors (Lipinski definition) is 0. The number of carbonyl (C=O) groups is 1. The van der Waals surface area contributed by atoms with E-state index in [9.17, 15) is 4.79 Å². The van der Waals surface area contributed by atoms with E-state index in [1.54, 1.807) is 0 Å². The standard InChI is InChI=1S/C13H14N2OS/c1-8-4-11(5-9(2)14-8)12(16)6-13-15-10(3)7-17-13/h4-5,7H,6H2,1-3H3. The zero-order chi connectivity index (χ0) is 12.4. The summed E-state index contributed by atoms with van der Waals surface area (Å²) in [6.07, 6.45) is 0.376. The molecule has 0 aromatic carbocycles. The minimum atomic E-state index is 0.105. The lowest BCUT2D eigenvalue weighted by molar-refractivity contribution is 0.0992. The molecule has 0 amide bonds. The summed E-state index contributed by atoms with van der Waals surface area (Å²) < 4.78 is 0. The molecule has 3 nitrogen and oxygen atoms in total. The number of thiazole rings is 1. The van der Waals surface area contributed by atoms with Crippen LogP contribution in [0.5, 0.6) is 0 Å². The van der Waals surface area contributed by atoms with Gasteiger partial charge in [0.2, 0.25) is 0 Å². The molecule has 0 aliphatic heterocycles. The molecule has 0 N–H and O–H groups in total. The summed E-state index contributed by atoms with van der Waals surface area (Å²) >= 11 is 1.53. The first-order valence-electron chi connectivity index (χ1n) is 5.44. The lowest BCUT2D eigenvalue weighted by atomic mass is 10.1. The molecule has 0 unspecified atom stereocenters. The third kappa shape index (κ3) is 2.97. The quantitative estimate of drug-likeness (QED) is 0.782. The Morgan fingerprint density at radius 1 is 1.12 bits per heavy atom. The van der Waals surface area contributed by atoms with Crippen LogP contribution in [0.4, 0.5) is 0 Å². The molecule has 2 aromatic heterocycles. The van der Waals surface area contributed by atoms with E-state index in [0.717, 1.165) is 27.7 Å². The molecule has 2 aromatic rings. The fourth-order valence-electron chi connectivity index (χ4n) is 1.72. The molecule has 0 aliphatic rings. The largest absolute Gasteiger partial charge is 0.294 e. The van der Waals surface area contributed by atoms with Crippen LogP contribution in [0.25, 0.3) is 0 Å². The predicted molar refractivity (Wildman–Crippen MR) is 68.6 cm³/mol. The normalized spacial score (nSPS) is 10.5. The lowest BCUT2D eigenvalue weighted by Crippen LogP contribution is -2.05. The van der Waals surface area contributed by atoms with Gasteiger partial charge in [-0.05, 0) is 32.9 Å². The number of Topliss-reactive ketones (excluding diaryl/α,β-unsaturated/α-hetero) is 1. The summed E-state index contributed by atoms with van der Waals surface area (Å²) in [6.45, 7) is 5.74. The second-order valence-corrected chi connectivity index (χ2v) is 5.06. The van der Waals surface area contributed by atoms with Crippen LogP contribution < -0.4 is 0 Å². The van der Waals surface area contributed by atoms with Gasteiger partial charge in [0.1, 0.15) is 5.01 Å². The van der Waals surface area contributed by atoms with Crippen molar-refractivity contribution in [1.29, 1.82) is 0 Å². The van der Waals surface area contributed by atoms with Crippen molar-refractivity contribution in [1.82, 2.24) is 9.97 Å². The van der Waals surface area contributed by atoms with Gasteiger partial charge in [-0.2, -0.15) is 0 Å². The molecule has 0 radical (unpaired) electrons. The van der Waals surface area contributed by atoms with Gasteiger partial charge in [0.05, 0.1) is 6.42 Å². The monoisotopic (exact) mass is 246 g/mol. The number of rotatable bonds is 3. The lowest BCUT2D eigenvalue weighted by Gasteiger charge is -2.02. The van der Waals surface area contributed by atoms with E-state index in [1.165, 1.54) is 11.3 Å². The Kier molecular flexibility index (Phi) is 3.33. The number of ketones is 1. The third-order valence-electron chi connectivity index (χ3n) is 2.38. The molecule has 17 heavy (non-hydrogen) atoms. The van der Waals surface area contributed by atoms with Gasteiger partial charge in [0, 0.05) is 28.0 Å². The summed E-state index contributed by atoms with van der Waals surface area (Å²) in [5, 5.41) is 2.84. The highest BCUT2D eigenvalue weighted by molar-refractivity contribution is 7.09. The Morgan fingerprint density at radius 2 is 1.76 bits per heavy atom. The number of aromatic nitrogens is 2. The highest BCUT2D eigenvalue weighted by Crippen LogP contribution is 2.13. The smallest absolute Gasteiger partial charge is 0.169 e. The van der Waals surface area contributed by atoms with E-state index in [2.05, 4.69) is 9.97 Å². The molecule has 0 bridgehead atoms. The van der Waals surface area contributed by atoms with Crippen LogP contribution in [0.2, 0.25) is 0 Å². The van der Waals surface area contributed by atoms with Crippen molar-refractivity contribution in [3.8, 4) is 0 Å². The van der Waals surface area contributed by atoms with Gasteiger partial charge in [0.15, 0.2) is 5.78 Å². The van der Waals surface area contributed by atoms with Crippen LogP contribution in [0.15, 0.2) is 17.5 Å². The molecule has 0 atom stereocenters. The van der Waals surface area contributed by atoms with Crippen molar-refractivity contribution in [3.05, 3.63) is 45.2 Å². The first-order chi connectivity index (χ1) is 8.04. The fraction of sp³-hybridized carbons (Fsp3) is 0.308. The highest BCUT2D eigenvalue weighted by atomic mass is 32.1. The molecule has 0 saturated heterocycles. The predicted octanol–water partition coefficient (Wildman–Crippen LogP) is 2.89. The summed E-state index contributed by atoms with van der Waals surface area (Å²) in [5.41, 5.74) is 3.45. The average Bonchev–Trinajstić information content (AvgIpc) is 2.62. The zero-order valence-corrected chi connectivity index (χ0v) is 11.0. The Labute approximate surface area is 105 Å². The maximum absolute atomic E-state index is 12.1. The van der Waals surface area contributed by atoms with E-state index >= 15 is 0 Å². The van der Waals surface area contributed by atoms with Gasteiger partial charge in [-0.15, -0.1) is 11.3 Å². The summed E-state index contributed by atoms with van der Waals surface area (Å²) in [7, 11) is 0. The molecule has 0 saturated carbocycles. The fourth-order valence-corrected chi connectivity index (χ4v) is 2.49. The van der Waals surface area contributed by atoms with Crippen LogP contribution in [-0.4, -0.2) is 15.8 Å². The van der Waals surface area contributed by atoms with Gasteiger partial charge in [-0.25, -0.2) is 4.98 Å². The van der Waals surface area contributed by atoms with Gasteiger partial charge >= 0.3 is 0 Å². The number of aryl methyl sites for hydroxylation is 3. The number of hydrogen-bond acceptors (Lipinski definition) is 4. The average molecular weight is 246 g/mol. The number of nitrogens with zero attached hydrogens (tertiary/aromatic N) is 2.